The minimum atomic E-state index is -0.532. The zero-order chi connectivity index (χ0) is 10.4. The summed E-state index contributed by atoms with van der Waals surface area (Å²) in [5.74, 6) is 1.92. The van der Waals surface area contributed by atoms with Crippen LogP contribution in [-0.4, -0.2) is 60.0 Å². The Morgan fingerprint density at radius 1 is 1.36 bits per heavy atom. The van der Waals surface area contributed by atoms with E-state index < -0.39 is 5.60 Å². The highest BCUT2D eigenvalue weighted by Crippen LogP contribution is 2.12. The summed E-state index contributed by atoms with van der Waals surface area (Å²) in [6.45, 7) is 8.69. The molecule has 0 aromatic heterocycles. The van der Waals surface area contributed by atoms with E-state index in [4.69, 9.17) is 4.74 Å². The molecule has 14 heavy (non-hydrogen) atoms. The predicted octanol–water partition coefficient (Wildman–Crippen LogP) is 0.823. The Morgan fingerprint density at radius 2 is 2.00 bits per heavy atom. The monoisotopic (exact) mass is 219 g/mol. The average Bonchev–Trinajstić information content (AvgIpc) is 2.13. The second-order valence-electron chi connectivity index (χ2n) is 4.32. The third-order valence-corrected chi connectivity index (χ3v) is 3.49. The summed E-state index contributed by atoms with van der Waals surface area (Å²) < 4.78 is 5.27. The lowest BCUT2D eigenvalue weighted by Gasteiger charge is -2.26. The zero-order valence-corrected chi connectivity index (χ0v) is 9.98. The van der Waals surface area contributed by atoms with Gasteiger partial charge in [0.15, 0.2) is 0 Å². The van der Waals surface area contributed by atoms with E-state index in [0.29, 0.717) is 0 Å². The Kier molecular flexibility index (Phi) is 5.23. The second-order valence-corrected chi connectivity index (χ2v) is 5.42. The van der Waals surface area contributed by atoms with Gasteiger partial charge in [0.05, 0.1) is 18.8 Å². The zero-order valence-electron chi connectivity index (χ0n) is 9.16. The molecule has 0 amide bonds. The molecule has 0 unspecified atom stereocenters. The lowest BCUT2D eigenvalue weighted by molar-refractivity contribution is 0.0409. The lowest BCUT2D eigenvalue weighted by atomic mass is 10.2. The van der Waals surface area contributed by atoms with Gasteiger partial charge >= 0.3 is 0 Å². The van der Waals surface area contributed by atoms with Crippen molar-refractivity contribution in [2.24, 2.45) is 0 Å². The van der Waals surface area contributed by atoms with E-state index in [2.05, 4.69) is 4.90 Å². The van der Waals surface area contributed by atoms with Crippen LogP contribution < -0.4 is 0 Å². The van der Waals surface area contributed by atoms with Gasteiger partial charge in [-0.05, 0) is 13.8 Å². The number of hydrogen-bond donors (Lipinski definition) is 1. The largest absolute Gasteiger partial charge is 0.390 e. The molecule has 1 aliphatic rings. The fourth-order valence-corrected chi connectivity index (χ4v) is 2.37. The van der Waals surface area contributed by atoms with E-state index in [0.717, 1.165) is 44.4 Å². The molecule has 1 rings (SSSR count). The van der Waals surface area contributed by atoms with Crippen molar-refractivity contribution in [1.29, 1.82) is 0 Å². The van der Waals surface area contributed by atoms with E-state index in [1.807, 2.05) is 25.6 Å². The third kappa shape index (κ3) is 5.86. The van der Waals surface area contributed by atoms with Crippen LogP contribution in [0.5, 0.6) is 0 Å². The molecule has 84 valence electrons. The quantitative estimate of drug-likeness (QED) is 0.694. The maximum Gasteiger partial charge on any atom is 0.0681 e. The molecule has 0 aliphatic carbocycles. The van der Waals surface area contributed by atoms with Gasteiger partial charge in [-0.3, -0.25) is 4.90 Å². The highest BCUT2D eigenvalue weighted by molar-refractivity contribution is 7.99. The summed E-state index contributed by atoms with van der Waals surface area (Å²) in [7, 11) is 0. The van der Waals surface area contributed by atoms with Crippen LogP contribution in [0.15, 0.2) is 0 Å². The first-order chi connectivity index (χ1) is 6.58. The van der Waals surface area contributed by atoms with Gasteiger partial charge in [-0.2, -0.15) is 11.8 Å². The van der Waals surface area contributed by atoms with Crippen LogP contribution in [0.3, 0.4) is 0 Å². The highest BCUT2D eigenvalue weighted by Gasteiger charge is 2.13. The number of aliphatic hydroxyl groups is 1. The van der Waals surface area contributed by atoms with Gasteiger partial charge in [0.2, 0.25) is 0 Å². The summed E-state index contributed by atoms with van der Waals surface area (Å²) in [5, 5.41) is 9.50. The van der Waals surface area contributed by atoms with E-state index in [9.17, 15) is 5.11 Å². The summed E-state index contributed by atoms with van der Waals surface area (Å²) in [6.07, 6.45) is 0. The normalized spacial score (nSPS) is 19.9. The number of nitrogens with zero attached hydrogens (tertiary/aromatic N) is 1. The summed E-state index contributed by atoms with van der Waals surface area (Å²) in [4.78, 5) is 2.42. The van der Waals surface area contributed by atoms with Crippen molar-refractivity contribution in [3.8, 4) is 0 Å². The van der Waals surface area contributed by atoms with E-state index in [1.54, 1.807) is 0 Å². The molecule has 1 N–H and O–H groups in total. The Balaban J connectivity index is 1.97. The lowest BCUT2D eigenvalue weighted by Crippen LogP contribution is -2.37. The minimum absolute atomic E-state index is 0.532. The predicted molar refractivity (Wildman–Crippen MR) is 60.9 cm³/mol. The molecule has 0 aromatic carbocycles. The maximum absolute atomic E-state index is 9.50. The van der Waals surface area contributed by atoms with Gasteiger partial charge in [0.25, 0.3) is 0 Å². The first-order valence-electron chi connectivity index (χ1n) is 5.18. The average molecular weight is 219 g/mol. The highest BCUT2D eigenvalue weighted by atomic mass is 32.2. The van der Waals surface area contributed by atoms with E-state index >= 15 is 0 Å². The van der Waals surface area contributed by atoms with Gasteiger partial charge in [-0.15, -0.1) is 0 Å². The SMILES string of the molecule is CC(C)(O)CSCCN1CCOCC1. The molecule has 0 saturated carbocycles. The van der Waals surface area contributed by atoms with Gasteiger partial charge in [-0.1, -0.05) is 0 Å². The van der Waals surface area contributed by atoms with Crippen LogP contribution in [0.4, 0.5) is 0 Å². The number of thioether (sulfide) groups is 1. The van der Waals surface area contributed by atoms with Gasteiger partial charge in [0.1, 0.15) is 0 Å². The first-order valence-corrected chi connectivity index (χ1v) is 6.34. The summed E-state index contributed by atoms with van der Waals surface area (Å²) in [6, 6.07) is 0. The molecule has 1 heterocycles. The Labute approximate surface area is 90.8 Å². The Bertz CT molecular complexity index is 153. The van der Waals surface area contributed by atoms with Crippen molar-refractivity contribution >= 4 is 11.8 Å². The molecule has 1 aliphatic heterocycles. The molecule has 1 saturated heterocycles. The maximum atomic E-state index is 9.50. The molecule has 0 spiro atoms. The smallest absolute Gasteiger partial charge is 0.0681 e. The molecular formula is C10H21NO2S. The van der Waals surface area contributed by atoms with Crippen LogP contribution in [0, 0.1) is 0 Å². The molecule has 3 nitrogen and oxygen atoms in total. The second kappa shape index (κ2) is 5.95. The topological polar surface area (TPSA) is 32.7 Å². The van der Waals surface area contributed by atoms with Crippen molar-refractivity contribution in [2.75, 3.05) is 44.4 Å². The fourth-order valence-electron chi connectivity index (χ4n) is 1.34. The summed E-state index contributed by atoms with van der Waals surface area (Å²) >= 11 is 1.82. The van der Waals surface area contributed by atoms with Gasteiger partial charge in [-0.25, -0.2) is 0 Å². The van der Waals surface area contributed by atoms with Gasteiger partial charge in [0, 0.05) is 31.1 Å². The molecule has 0 bridgehead atoms. The Hall–Kier alpha value is 0.230. The molecule has 0 radical (unpaired) electrons. The van der Waals surface area contributed by atoms with Gasteiger partial charge < -0.3 is 9.84 Å². The number of ether oxygens (including phenoxy) is 1. The van der Waals surface area contributed by atoms with Crippen LogP contribution in [0.1, 0.15) is 13.8 Å². The van der Waals surface area contributed by atoms with Crippen molar-refractivity contribution in [2.45, 2.75) is 19.4 Å². The first kappa shape index (κ1) is 12.3. The minimum Gasteiger partial charge on any atom is -0.390 e. The molecular weight excluding hydrogens is 198 g/mol. The van der Waals surface area contributed by atoms with Crippen LogP contribution in [-0.2, 0) is 4.74 Å². The van der Waals surface area contributed by atoms with Crippen LogP contribution in [0.2, 0.25) is 0 Å². The van der Waals surface area contributed by atoms with Crippen molar-refractivity contribution in [3.63, 3.8) is 0 Å². The van der Waals surface area contributed by atoms with E-state index in [1.165, 1.54) is 0 Å². The summed E-state index contributed by atoms with van der Waals surface area (Å²) in [5.41, 5.74) is -0.532. The van der Waals surface area contributed by atoms with Crippen LogP contribution in [0.25, 0.3) is 0 Å². The van der Waals surface area contributed by atoms with E-state index in [-0.39, 0.29) is 0 Å². The number of rotatable bonds is 5. The fraction of sp³-hybridized carbons (Fsp3) is 1.00. The van der Waals surface area contributed by atoms with Crippen LogP contribution >= 0.6 is 11.8 Å². The third-order valence-electron chi connectivity index (χ3n) is 2.11. The standard InChI is InChI=1S/C10H21NO2S/c1-10(2,12)9-14-8-5-11-3-6-13-7-4-11/h12H,3-9H2,1-2H3. The van der Waals surface area contributed by atoms with Crippen molar-refractivity contribution in [3.05, 3.63) is 0 Å². The molecule has 0 aromatic rings. The molecule has 1 fully saturated rings. The van der Waals surface area contributed by atoms with Crippen molar-refractivity contribution < 1.29 is 9.84 Å². The Morgan fingerprint density at radius 3 is 2.57 bits per heavy atom. The molecule has 4 heteroatoms. The van der Waals surface area contributed by atoms with Crippen molar-refractivity contribution in [1.82, 2.24) is 4.90 Å². The number of morpholine rings is 1. The number of hydrogen-bond acceptors (Lipinski definition) is 4. The molecule has 0 atom stereocenters.